The predicted molar refractivity (Wildman–Crippen MR) is 140 cm³/mol. The number of piperidine rings is 1. The first kappa shape index (κ1) is 24.2. The van der Waals surface area contributed by atoms with E-state index in [2.05, 4.69) is 10.1 Å². The molecule has 2 aliphatic rings. The Kier molecular flexibility index (Phi) is 5.93. The molecule has 4 N–H and O–H groups in total. The van der Waals surface area contributed by atoms with Crippen molar-refractivity contribution in [2.75, 3.05) is 12.3 Å². The molecule has 0 aliphatic carbocycles. The van der Waals surface area contributed by atoms with E-state index >= 15 is 0 Å². The number of rotatable bonds is 5. The van der Waals surface area contributed by atoms with Gasteiger partial charge in [0.2, 0.25) is 5.91 Å². The topological polar surface area (TPSA) is 147 Å². The van der Waals surface area contributed by atoms with Gasteiger partial charge in [-0.25, -0.2) is 4.98 Å². The van der Waals surface area contributed by atoms with E-state index in [1.54, 1.807) is 17.3 Å². The summed E-state index contributed by atoms with van der Waals surface area (Å²) in [6, 6.07) is 13.1. The van der Waals surface area contributed by atoms with Crippen LogP contribution in [0, 0.1) is 0 Å². The second kappa shape index (κ2) is 9.30. The van der Waals surface area contributed by atoms with Crippen molar-refractivity contribution in [1.82, 2.24) is 24.5 Å². The molecule has 2 saturated heterocycles. The minimum Gasteiger partial charge on any atom is -0.391 e. The van der Waals surface area contributed by atoms with Gasteiger partial charge in [-0.3, -0.25) is 14.6 Å². The number of Topliss-reactive ketones (excluding diaryl/α,β-unsaturated/α-hetero) is 1. The van der Waals surface area contributed by atoms with Gasteiger partial charge in [0.05, 0.1) is 35.3 Å². The first-order valence-corrected chi connectivity index (χ1v) is 12.7. The zero-order valence-electron chi connectivity index (χ0n) is 20.9. The molecule has 0 saturated carbocycles. The average Bonchev–Trinajstić information content (AvgIpc) is 3.44. The highest BCUT2D eigenvalue weighted by Crippen LogP contribution is 2.44. The van der Waals surface area contributed by atoms with Gasteiger partial charge < -0.3 is 20.8 Å². The molecule has 3 aromatic heterocycles. The van der Waals surface area contributed by atoms with Gasteiger partial charge in [0.15, 0.2) is 11.4 Å². The number of nitrogens with two attached hydrogens (primary N) is 1. The number of aliphatic hydroxyl groups is 2. The Bertz CT molecular complexity index is 1530. The van der Waals surface area contributed by atoms with Crippen molar-refractivity contribution in [3.8, 4) is 22.4 Å². The van der Waals surface area contributed by atoms with Crippen LogP contribution >= 0.6 is 0 Å². The molecule has 2 bridgehead atoms. The van der Waals surface area contributed by atoms with E-state index in [0.717, 1.165) is 22.4 Å². The van der Waals surface area contributed by atoms with Gasteiger partial charge in [0, 0.05) is 34.8 Å². The Morgan fingerprint density at radius 3 is 2.50 bits per heavy atom. The largest absolute Gasteiger partial charge is 0.391 e. The maximum Gasteiger partial charge on any atom is 0.248 e. The smallest absolute Gasteiger partial charge is 0.248 e. The van der Waals surface area contributed by atoms with Crippen molar-refractivity contribution in [2.24, 2.45) is 0 Å². The van der Waals surface area contributed by atoms with Gasteiger partial charge in [-0.1, -0.05) is 36.4 Å². The van der Waals surface area contributed by atoms with Crippen molar-refractivity contribution in [2.45, 2.75) is 50.3 Å². The lowest BCUT2D eigenvalue weighted by Crippen LogP contribution is -2.49. The van der Waals surface area contributed by atoms with E-state index in [0.29, 0.717) is 36.2 Å². The molecule has 6 rings (SSSR count). The van der Waals surface area contributed by atoms with Crippen molar-refractivity contribution < 1.29 is 19.8 Å². The van der Waals surface area contributed by atoms with Crippen LogP contribution < -0.4 is 5.73 Å². The highest BCUT2D eigenvalue weighted by atomic mass is 16.3. The number of fused-ring (bicyclic) bond motifs is 3. The average molecular weight is 513 g/mol. The molecule has 10 heteroatoms. The number of nitrogen functional groups attached to an aromatic ring is 1. The Morgan fingerprint density at radius 1 is 1.05 bits per heavy atom. The molecule has 0 radical (unpaired) electrons. The van der Waals surface area contributed by atoms with Crippen LogP contribution in [0.3, 0.4) is 0 Å². The number of hydrogen-bond acceptors (Lipinski definition) is 8. The van der Waals surface area contributed by atoms with Crippen molar-refractivity contribution in [3.63, 3.8) is 0 Å². The Morgan fingerprint density at radius 2 is 1.84 bits per heavy atom. The highest BCUT2D eigenvalue weighted by Gasteiger charge is 2.49. The third-order valence-corrected chi connectivity index (χ3v) is 7.81. The van der Waals surface area contributed by atoms with Crippen LogP contribution in [-0.2, 0) is 4.79 Å². The lowest BCUT2D eigenvalue weighted by molar-refractivity contribution is -0.139. The first-order chi connectivity index (χ1) is 18.4. The molecular formula is C28H28N6O4. The molecule has 38 heavy (non-hydrogen) atoms. The van der Waals surface area contributed by atoms with Crippen LogP contribution in [0.25, 0.3) is 28.0 Å². The lowest BCUT2D eigenvalue weighted by atomic mass is 9.85. The van der Waals surface area contributed by atoms with E-state index in [-0.39, 0.29) is 23.6 Å². The lowest BCUT2D eigenvalue weighted by Gasteiger charge is -2.39. The summed E-state index contributed by atoms with van der Waals surface area (Å²) in [5.41, 5.74) is 11.3. The van der Waals surface area contributed by atoms with Crippen LogP contribution in [0.5, 0.6) is 0 Å². The molecule has 4 aromatic rings. The second-order valence-electron chi connectivity index (χ2n) is 10.1. The van der Waals surface area contributed by atoms with Gasteiger partial charge >= 0.3 is 0 Å². The fourth-order valence-corrected chi connectivity index (χ4v) is 6.12. The number of ketones is 1. The van der Waals surface area contributed by atoms with Crippen LogP contribution in [0.2, 0.25) is 0 Å². The molecule has 1 aromatic carbocycles. The number of aliphatic hydroxyl groups excluding tert-OH is 2. The van der Waals surface area contributed by atoms with Crippen molar-refractivity contribution in [3.05, 3.63) is 66.1 Å². The molecule has 2 aliphatic heterocycles. The molecule has 4 atom stereocenters. The van der Waals surface area contributed by atoms with Crippen LogP contribution in [0.1, 0.15) is 48.2 Å². The summed E-state index contributed by atoms with van der Waals surface area (Å²) in [5.74, 6) is -0.606. The third-order valence-electron chi connectivity index (χ3n) is 7.81. The number of carbonyl (C=O) groups excluding carboxylic acids is 2. The Hall–Kier alpha value is -4.15. The summed E-state index contributed by atoms with van der Waals surface area (Å²) in [4.78, 5) is 36.3. The number of pyridine rings is 1. The minimum absolute atomic E-state index is 0.197. The van der Waals surface area contributed by atoms with Gasteiger partial charge in [0.1, 0.15) is 12.4 Å². The van der Waals surface area contributed by atoms with E-state index in [1.807, 2.05) is 42.5 Å². The molecule has 2 fully saturated rings. The number of benzene rings is 1. The molecule has 5 heterocycles. The fraction of sp³-hybridized carbons (Fsp3) is 0.321. The van der Waals surface area contributed by atoms with Crippen molar-refractivity contribution >= 4 is 23.2 Å². The zero-order valence-corrected chi connectivity index (χ0v) is 20.9. The first-order valence-electron chi connectivity index (χ1n) is 12.7. The highest BCUT2D eigenvalue weighted by molar-refractivity contribution is 6.00. The second-order valence-corrected chi connectivity index (χ2v) is 10.1. The van der Waals surface area contributed by atoms with Crippen molar-refractivity contribution in [1.29, 1.82) is 0 Å². The van der Waals surface area contributed by atoms with Gasteiger partial charge in [-0.2, -0.15) is 9.61 Å². The molecule has 10 nitrogen and oxygen atoms in total. The summed E-state index contributed by atoms with van der Waals surface area (Å²) >= 11 is 0. The SMILES string of the molecule is CC(=O)c1c([C@@H]2C[C@H]3CC(O)[C@@H](C2)N3C(=O)CO)nc2c(-c3ccc(-c4ccccc4)nc3)cnn2c1N. The van der Waals surface area contributed by atoms with Crippen LogP contribution in [-0.4, -0.2) is 71.2 Å². The van der Waals surface area contributed by atoms with Gasteiger partial charge in [0.25, 0.3) is 0 Å². The number of nitrogens with zero attached hydrogens (tertiary/aromatic N) is 5. The Balaban J connectivity index is 1.42. The van der Waals surface area contributed by atoms with E-state index in [1.165, 1.54) is 11.4 Å². The zero-order chi connectivity index (χ0) is 26.6. The summed E-state index contributed by atoms with van der Waals surface area (Å²) in [6.07, 6.45) is 4.11. The molecular weight excluding hydrogens is 484 g/mol. The summed E-state index contributed by atoms with van der Waals surface area (Å²) in [5, 5.41) is 24.5. The molecule has 0 spiro atoms. The Labute approximate surface area is 218 Å². The van der Waals surface area contributed by atoms with Crippen LogP contribution in [0.4, 0.5) is 5.82 Å². The number of hydrogen-bond donors (Lipinski definition) is 3. The fourth-order valence-electron chi connectivity index (χ4n) is 6.12. The number of amides is 1. The third kappa shape index (κ3) is 3.84. The van der Waals surface area contributed by atoms with Gasteiger partial charge in [-0.15, -0.1) is 0 Å². The quantitative estimate of drug-likeness (QED) is 0.346. The summed E-state index contributed by atoms with van der Waals surface area (Å²) in [6.45, 7) is 0.851. The molecule has 194 valence electrons. The summed E-state index contributed by atoms with van der Waals surface area (Å²) in [7, 11) is 0. The standard InChI is InChI=1S/C28H28N6O4/c1-15(36)25-26(18-9-19-11-23(37)22(10-18)33(19)24(38)14-35)32-28-20(13-31-34(28)27(25)29)17-7-8-21(30-12-17)16-5-3-2-4-6-16/h2-8,12-13,18-19,22-23,35,37H,9-11,14,29H2,1H3/t18-,19+,22-,23?/m1/s1. The number of aromatic nitrogens is 4. The maximum absolute atomic E-state index is 12.8. The summed E-state index contributed by atoms with van der Waals surface area (Å²) < 4.78 is 1.48. The monoisotopic (exact) mass is 512 g/mol. The number of carbonyl (C=O) groups is 2. The van der Waals surface area contributed by atoms with E-state index in [4.69, 9.17) is 10.7 Å². The normalized spacial score (nSPS) is 22.7. The van der Waals surface area contributed by atoms with Crippen LogP contribution in [0.15, 0.2) is 54.9 Å². The predicted octanol–water partition coefficient (Wildman–Crippen LogP) is 2.44. The maximum atomic E-state index is 12.8. The number of anilines is 1. The molecule has 1 unspecified atom stereocenters. The van der Waals surface area contributed by atoms with Gasteiger partial charge in [-0.05, 0) is 32.3 Å². The van der Waals surface area contributed by atoms with E-state index < -0.39 is 24.7 Å². The minimum atomic E-state index is -0.693. The molecule has 1 amide bonds. The van der Waals surface area contributed by atoms with E-state index in [9.17, 15) is 19.8 Å².